The topological polar surface area (TPSA) is 98.0 Å². The zero-order valence-electron chi connectivity index (χ0n) is 13.5. The summed E-state index contributed by atoms with van der Waals surface area (Å²) in [6.07, 6.45) is 5.64. The van der Waals surface area contributed by atoms with Gasteiger partial charge in [0.1, 0.15) is 29.3 Å². The third kappa shape index (κ3) is 3.59. The number of aromatic carboxylic acids is 1. The monoisotopic (exact) mass is 328 g/mol. The Labute approximate surface area is 139 Å². The van der Waals surface area contributed by atoms with Crippen molar-refractivity contribution < 1.29 is 19.1 Å². The van der Waals surface area contributed by atoms with Crippen molar-refractivity contribution in [1.29, 1.82) is 0 Å². The summed E-state index contributed by atoms with van der Waals surface area (Å²) in [6, 6.07) is 5.14. The van der Waals surface area contributed by atoms with E-state index in [2.05, 4.69) is 4.99 Å². The van der Waals surface area contributed by atoms with E-state index in [9.17, 15) is 9.90 Å². The number of aryl methyl sites for hydroxylation is 1. The van der Waals surface area contributed by atoms with E-state index in [1.807, 2.05) is 0 Å². The van der Waals surface area contributed by atoms with Gasteiger partial charge in [0, 0.05) is 11.9 Å². The van der Waals surface area contributed by atoms with Gasteiger partial charge in [0.05, 0.1) is 5.71 Å². The van der Waals surface area contributed by atoms with Crippen LogP contribution in [0.5, 0.6) is 5.75 Å². The van der Waals surface area contributed by atoms with Crippen LogP contribution in [0.2, 0.25) is 0 Å². The molecule has 0 amide bonds. The highest BCUT2D eigenvalue weighted by Gasteiger charge is 2.20. The maximum atomic E-state index is 11.4. The van der Waals surface area contributed by atoms with Crippen LogP contribution in [0.15, 0.2) is 39.9 Å². The number of carboxylic acids is 1. The van der Waals surface area contributed by atoms with Gasteiger partial charge in [-0.3, -0.25) is 4.99 Å². The van der Waals surface area contributed by atoms with Crippen LogP contribution >= 0.6 is 0 Å². The summed E-state index contributed by atoms with van der Waals surface area (Å²) in [4.78, 5) is 15.9. The third-order valence-electron chi connectivity index (χ3n) is 3.97. The van der Waals surface area contributed by atoms with Crippen molar-refractivity contribution in [2.24, 2.45) is 16.6 Å². The quantitative estimate of drug-likeness (QED) is 0.761. The summed E-state index contributed by atoms with van der Waals surface area (Å²) in [6.45, 7) is 2.72. The lowest BCUT2D eigenvalue weighted by Crippen LogP contribution is -2.11. The molecular weight excluding hydrogens is 308 g/mol. The first kappa shape index (κ1) is 16.1. The van der Waals surface area contributed by atoms with E-state index in [1.165, 1.54) is 19.0 Å². The van der Waals surface area contributed by atoms with Crippen molar-refractivity contribution >= 4 is 22.7 Å². The Morgan fingerprint density at radius 2 is 2.29 bits per heavy atom. The zero-order valence-corrected chi connectivity index (χ0v) is 13.5. The van der Waals surface area contributed by atoms with Crippen LogP contribution in [0.25, 0.3) is 11.0 Å². The minimum Gasteiger partial charge on any atom is -0.487 e. The van der Waals surface area contributed by atoms with E-state index in [0.717, 1.165) is 12.3 Å². The number of rotatable bonds is 7. The molecule has 0 radical (unpaired) electrons. The van der Waals surface area contributed by atoms with E-state index in [0.29, 0.717) is 28.4 Å². The molecule has 1 aromatic carbocycles. The number of nitrogens with zero attached hydrogens (tertiary/aromatic N) is 1. The molecule has 1 aliphatic rings. The Hall–Kier alpha value is -2.76. The molecule has 1 heterocycles. The molecule has 1 aliphatic carbocycles. The van der Waals surface area contributed by atoms with Crippen molar-refractivity contribution in [3.63, 3.8) is 0 Å². The molecule has 3 rings (SSSR count). The van der Waals surface area contributed by atoms with Crippen LogP contribution < -0.4 is 10.5 Å². The highest BCUT2D eigenvalue weighted by atomic mass is 16.5. The molecule has 0 saturated heterocycles. The summed E-state index contributed by atoms with van der Waals surface area (Å²) >= 11 is 0. The van der Waals surface area contributed by atoms with Crippen LogP contribution in [0, 0.1) is 12.8 Å². The molecule has 0 bridgehead atoms. The SMILES string of the molecule is Cc1oc2ccc(OCC(/C=C\N)=NCC3CC3)cc2c1C(=O)O. The largest absolute Gasteiger partial charge is 0.487 e. The van der Waals surface area contributed by atoms with Crippen molar-refractivity contribution in [3.8, 4) is 5.75 Å². The smallest absolute Gasteiger partial charge is 0.339 e. The minimum absolute atomic E-state index is 0.167. The number of hydrogen-bond acceptors (Lipinski definition) is 5. The predicted octanol–water partition coefficient (Wildman–Crippen LogP) is 3.14. The third-order valence-corrected chi connectivity index (χ3v) is 3.97. The molecule has 24 heavy (non-hydrogen) atoms. The summed E-state index contributed by atoms with van der Waals surface area (Å²) in [5.74, 6) is 0.624. The van der Waals surface area contributed by atoms with Crippen LogP contribution in [0.4, 0.5) is 0 Å². The predicted molar refractivity (Wildman–Crippen MR) is 91.8 cm³/mol. The van der Waals surface area contributed by atoms with Gasteiger partial charge in [0.2, 0.25) is 0 Å². The van der Waals surface area contributed by atoms with Gasteiger partial charge in [-0.25, -0.2) is 4.79 Å². The van der Waals surface area contributed by atoms with Gasteiger partial charge in [-0.1, -0.05) is 0 Å². The lowest BCUT2D eigenvalue weighted by molar-refractivity contribution is 0.0697. The Morgan fingerprint density at radius 3 is 2.96 bits per heavy atom. The number of aliphatic imine (C=N–C) groups is 1. The van der Waals surface area contributed by atoms with Gasteiger partial charge in [0.15, 0.2) is 0 Å². The fraction of sp³-hybridized carbons (Fsp3) is 0.333. The maximum Gasteiger partial charge on any atom is 0.339 e. The highest BCUT2D eigenvalue weighted by Crippen LogP contribution is 2.30. The molecule has 0 spiro atoms. The fourth-order valence-corrected chi connectivity index (χ4v) is 2.52. The normalized spacial score (nSPS) is 15.3. The fourth-order valence-electron chi connectivity index (χ4n) is 2.52. The zero-order chi connectivity index (χ0) is 17.1. The Bertz CT molecular complexity index is 816. The second-order valence-corrected chi connectivity index (χ2v) is 5.92. The molecule has 126 valence electrons. The Kier molecular flexibility index (Phi) is 4.55. The van der Waals surface area contributed by atoms with Crippen molar-refractivity contribution in [2.75, 3.05) is 13.2 Å². The van der Waals surface area contributed by atoms with Gasteiger partial charge in [0.25, 0.3) is 0 Å². The number of nitrogens with two attached hydrogens (primary N) is 1. The number of ether oxygens (including phenoxy) is 1. The van der Waals surface area contributed by atoms with Gasteiger partial charge in [-0.2, -0.15) is 0 Å². The summed E-state index contributed by atoms with van der Waals surface area (Å²) < 4.78 is 11.2. The number of carbonyl (C=O) groups is 1. The van der Waals surface area contributed by atoms with Crippen LogP contribution in [-0.4, -0.2) is 29.9 Å². The van der Waals surface area contributed by atoms with E-state index in [1.54, 1.807) is 31.2 Å². The lowest BCUT2D eigenvalue weighted by atomic mass is 10.1. The molecule has 2 aromatic rings. The van der Waals surface area contributed by atoms with Crippen LogP contribution in [0.1, 0.15) is 29.0 Å². The van der Waals surface area contributed by atoms with Gasteiger partial charge in [-0.15, -0.1) is 0 Å². The van der Waals surface area contributed by atoms with E-state index < -0.39 is 5.97 Å². The second-order valence-electron chi connectivity index (χ2n) is 5.92. The van der Waals surface area contributed by atoms with E-state index >= 15 is 0 Å². The van der Waals surface area contributed by atoms with Crippen LogP contribution in [-0.2, 0) is 0 Å². The summed E-state index contributed by atoms with van der Waals surface area (Å²) in [5.41, 5.74) is 6.92. The first-order valence-electron chi connectivity index (χ1n) is 7.89. The summed E-state index contributed by atoms with van der Waals surface area (Å²) in [5, 5.41) is 9.85. The van der Waals surface area contributed by atoms with E-state index in [4.69, 9.17) is 14.9 Å². The van der Waals surface area contributed by atoms with Gasteiger partial charge < -0.3 is 20.0 Å². The van der Waals surface area contributed by atoms with Crippen molar-refractivity contribution in [1.82, 2.24) is 0 Å². The average molecular weight is 328 g/mol. The minimum atomic E-state index is -1.01. The molecule has 6 heteroatoms. The molecule has 1 saturated carbocycles. The number of furan rings is 1. The Balaban J connectivity index is 1.77. The van der Waals surface area contributed by atoms with Gasteiger partial charge in [-0.05, 0) is 56.2 Å². The van der Waals surface area contributed by atoms with E-state index in [-0.39, 0.29) is 12.2 Å². The lowest BCUT2D eigenvalue weighted by Gasteiger charge is -2.07. The molecule has 3 N–H and O–H groups in total. The second kappa shape index (κ2) is 6.78. The molecule has 6 nitrogen and oxygen atoms in total. The number of benzene rings is 1. The number of carboxylic acid groups (broad SMARTS) is 1. The molecule has 1 aromatic heterocycles. The highest BCUT2D eigenvalue weighted by molar-refractivity contribution is 6.04. The standard InChI is InChI=1S/C18H20N2O4/c1-11-17(18(21)22)15-8-14(4-5-16(15)24-11)23-10-13(6-7-19)20-9-12-2-3-12/h4-8,12H,2-3,9-10,19H2,1H3,(H,21,22)/b7-6-,20-13?. The Morgan fingerprint density at radius 1 is 1.50 bits per heavy atom. The average Bonchev–Trinajstić information content (AvgIpc) is 3.30. The van der Waals surface area contributed by atoms with Gasteiger partial charge >= 0.3 is 5.97 Å². The van der Waals surface area contributed by atoms with Crippen molar-refractivity contribution in [3.05, 3.63) is 41.8 Å². The summed E-state index contributed by atoms with van der Waals surface area (Å²) in [7, 11) is 0. The first-order valence-corrected chi connectivity index (χ1v) is 7.89. The molecule has 0 atom stereocenters. The van der Waals surface area contributed by atoms with Crippen LogP contribution in [0.3, 0.4) is 0 Å². The number of hydrogen-bond donors (Lipinski definition) is 2. The molecule has 0 unspecified atom stereocenters. The molecule has 0 aliphatic heterocycles. The maximum absolute atomic E-state index is 11.4. The molecule has 1 fully saturated rings. The first-order chi connectivity index (χ1) is 11.6. The van der Waals surface area contributed by atoms with Crippen molar-refractivity contribution in [2.45, 2.75) is 19.8 Å². The molecular formula is C18H20N2O4. The number of fused-ring (bicyclic) bond motifs is 1.